The average molecular weight is 310 g/mol. The molecule has 106 valence electrons. The van der Waals surface area contributed by atoms with E-state index in [0.717, 1.165) is 11.3 Å². The summed E-state index contributed by atoms with van der Waals surface area (Å²) in [5.74, 6) is -1.03. The van der Waals surface area contributed by atoms with Gasteiger partial charge in [0.25, 0.3) is 0 Å². The van der Waals surface area contributed by atoms with Gasteiger partial charge in [0.2, 0.25) is 5.91 Å². The second-order valence-corrected chi connectivity index (χ2v) is 7.40. The Hall–Kier alpha value is -1.86. The zero-order valence-electron chi connectivity index (χ0n) is 10.8. The van der Waals surface area contributed by atoms with E-state index in [0.29, 0.717) is 11.4 Å². The van der Waals surface area contributed by atoms with Crippen molar-refractivity contribution in [3.63, 3.8) is 0 Å². The van der Waals surface area contributed by atoms with Gasteiger partial charge < -0.3 is 10.6 Å². The number of carbonyl (C=O) groups excluding carboxylic acids is 1. The van der Waals surface area contributed by atoms with Crippen molar-refractivity contribution >= 4 is 38.5 Å². The summed E-state index contributed by atoms with van der Waals surface area (Å²) in [7, 11) is -2.04. The van der Waals surface area contributed by atoms with E-state index in [1.165, 1.54) is 18.0 Å². The van der Waals surface area contributed by atoms with Gasteiger partial charge in [0, 0.05) is 18.4 Å². The Morgan fingerprint density at radius 2 is 1.90 bits per heavy atom. The molecule has 1 aromatic heterocycles. The van der Waals surface area contributed by atoms with Crippen LogP contribution in [0, 0.1) is 0 Å². The van der Waals surface area contributed by atoms with E-state index in [4.69, 9.17) is 5.73 Å². The van der Waals surface area contributed by atoms with Crippen molar-refractivity contribution in [2.75, 3.05) is 23.4 Å². The SMILES string of the molecule is CN(C(=O)CS(=O)(=O)c1cccs1)c1ccc(N)cc1. The van der Waals surface area contributed by atoms with Crippen LogP contribution in [0.2, 0.25) is 0 Å². The molecule has 0 aliphatic heterocycles. The maximum Gasteiger partial charge on any atom is 0.242 e. The van der Waals surface area contributed by atoms with Crippen LogP contribution in [0.5, 0.6) is 0 Å². The Morgan fingerprint density at radius 1 is 1.25 bits per heavy atom. The highest BCUT2D eigenvalue weighted by Gasteiger charge is 2.23. The maximum absolute atomic E-state index is 12.1. The number of rotatable bonds is 4. The van der Waals surface area contributed by atoms with Gasteiger partial charge in [-0.05, 0) is 35.7 Å². The van der Waals surface area contributed by atoms with E-state index >= 15 is 0 Å². The van der Waals surface area contributed by atoms with Crippen LogP contribution in [0.15, 0.2) is 46.0 Å². The van der Waals surface area contributed by atoms with Crippen molar-refractivity contribution in [2.24, 2.45) is 0 Å². The van der Waals surface area contributed by atoms with Crippen molar-refractivity contribution in [2.45, 2.75) is 4.21 Å². The fourth-order valence-corrected chi connectivity index (χ4v) is 3.94. The molecule has 0 spiro atoms. The van der Waals surface area contributed by atoms with E-state index in [-0.39, 0.29) is 4.21 Å². The van der Waals surface area contributed by atoms with Crippen LogP contribution in [-0.2, 0) is 14.6 Å². The lowest BCUT2D eigenvalue weighted by atomic mass is 10.2. The highest BCUT2D eigenvalue weighted by atomic mass is 32.2. The predicted octanol–water partition coefficient (Wildman–Crippen LogP) is 1.77. The molecule has 1 heterocycles. The fraction of sp³-hybridized carbons (Fsp3) is 0.154. The van der Waals surface area contributed by atoms with E-state index < -0.39 is 21.5 Å². The number of hydrogen-bond donors (Lipinski definition) is 1. The normalized spacial score (nSPS) is 11.2. The highest BCUT2D eigenvalue weighted by Crippen LogP contribution is 2.20. The van der Waals surface area contributed by atoms with Gasteiger partial charge in [-0.2, -0.15) is 0 Å². The summed E-state index contributed by atoms with van der Waals surface area (Å²) < 4.78 is 24.3. The third-order valence-electron chi connectivity index (χ3n) is 2.77. The van der Waals surface area contributed by atoms with Gasteiger partial charge >= 0.3 is 0 Å². The van der Waals surface area contributed by atoms with Crippen LogP contribution in [0.1, 0.15) is 0 Å². The van der Waals surface area contributed by atoms with Crippen LogP contribution < -0.4 is 10.6 Å². The number of sulfone groups is 1. The third-order valence-corrected chi connectivity index (χ3v) is 5.86. The predicted molar refractivity (Wildman–Crippen MR) is 80.6 cm³/mol. The first-order valence-corrected chi connectivity index (χ1v) is 8.32. The van der Waals surface area contributed by atoms with Crippen LogP contribution in [-0.4, -0.2) is 27.1 Å². The standard InChI is InChI=1S/C13H14N2O3S2/c1-15(11-6-4-10(14)5-7-11)12(16)9-20(17,18)13-3-2-8-19-13/h2-8H,9,14H2,1H3. The van der Waals surface area contributed by atoms with Crippen molar-refractivity contribution in [1.29, 1.82) is 0 Å². The lowest BCUT2D eigenvalue weighted by molar-refractivity contribution is -0.115. The first kappa shape index (κ1) is 14.5. The molecule has 2 N–H and O–H groups in total. The summed E-state index contributed by atoms with van der Waals surface area (Å²) in [5, 5.41) is 1.67. The molecule has 0 radical (unpaired) electrons. The number of nitrogen functional groups attached to an aromatic ring is 1. The molecule has 20 heavy (non-hydrogen) atoms. The zero-order chi connectivity index (χ0) is 14.8. The lowest BCUT2D eigenvalue weighted by Crippen LogP contribution is -2.32. The Morgan fingerprint density at radius 3 is 2.45 bits per heavy atom. The molecule has 5 nitrogen and oxygen atoms in total. The summed E-state index contributed by atoms with van der Waals surface area (Å²) in [4.78, 5) is 13.4. The van der Waals surface area contributed by atoms with Gasteiger partial charge in [0.1, 0.15) is 9.96 Å². The fourth-order valence-electron chi connectivity index (χ4n) is 1.61. The van der Waals surface area contributed by atoms with Gasteiger partial charge in [0.05, 0.1) is 0 Å². The number of carbonyl (C=O) groups is 1. The van der Waals surface area contributed by atoms with Crippen molar-refractivity contribution in [1.82, 2.24) is 0 Å². The largest absolute Gasteiger partial charge is 0.399 e. The molecule has 0 fully saturated rings. The minimum atomic E-state index is -3.57. The van der Waals surface area contributed by atoms with Crippen LogP contribution >= 0.6 is 11.3 Å². The quantitative estimate of drug-likeness (QED) is 0.873. The average Bonchev–Trinajstić information content (AvgIpc) is 2.93. The second kappa shape index (κ2) is 5.64. The monoisotopic (exact) mass is 310 g/mol. The van der Waals surface area contributed by atoms with E-state index in [2.05, 4.69) is 0 Å². The molecule has 0 unspecified atom stereocenters. The van der Waals surface area contributed by atoms with Gasteiger partial charge in [-0.3, -0.25) is 4.79 Å². The van der Waals surface area contributed by atoms with Crippen molar-refractivity contribution in [3.8, 4) is 0 Å². The lowest BCUT2D eigenvalue weighted by Gasteiger charge is -2.17. The molecule has 0 atom stereocenters. The van der Waals surface area contributed by atoms with Gasteiger partial charge in [0.15, 0.2) is 9.84 Å². The molecule has 7 heteroatoms. The first-order valence-electron chi connectivity index (χ1n) is 5.78. The molecule has 1 aromatic carbocycles. The Labute approximate surface area is 121 Å². The summed E-state index contributed by atoms with van der Waals surface area (Å²) in [5.41, 5.74) is 6.76. The number of hydrogen-bond acceptors (Lipinski definition) is 5. The van der Waals surface area contributed by atoms with Gasteiger partial charge in [-0.25, -0.2) is 8.42 Å². The Bertz CT molecular complexity index is 692. The molecule has 0 saturated heterocycles. The number of nitrogens with zero attached hydrogens (tertiary/aromatic N) is 1. The molecule has 0 saturated carbocycles. The molecular formula is C13H14N2O3S2. The zero-order valence-corrected chi connectivity index (χ0v) is 12.4. The minimum absolute atomic E-state index is 0.205. The van der Waals surface area contributed by atoms with Crippen LogP contribution in [0.25, 0.3) is 0 Å². The Balaban J connectivity index is 2.14. The Kier molecular flexibility index (Phi) is 4.10. The summed E-state index contributed by atoms with van der Waals surface area (Å²) in [6, 6.07) is 9.80. The summed E-state index contributed by atoms with van der Waals surface area (Å²) in [6.07, 6.45) is 0. The topological polar surface area (TPSA) is 80.5 Å². The third kappa shape index (κ3) is 3.17. The van der Waals surface area contributed by atoms with Gasteiger partial charge in [-0.15, -0.1) is 11.3 Å². The van der Waals surface area contributed by atoms with Crippen LogP contribution in [0.3, 0.4) is 0 Å². The van der Waals surface area contributed by atoms with E-state index in [1.807, 2.05) is 0 Å². The second-order valence-electron chi connectivity index (χ2n) is 4.24. The van der Waals surface area contributed by atoms with Crippen LogP contribution in [0.4, 0.5) is 11.4 Å². The van der Waals surface area contributed by atoms with E-state index in [9.17, 15) is 13.2 Å². The maximum atomic E-state index is 12.1. The molecule has 0 bridgehead atoms. The molecule has 2 aromatic rings. The molecule has 2 rings (SSSR count). The highest BCUT2D eigenvalue weighted by molar-refractivity contribution is 7.94. The van der Waals surface area contributed by atoms with Crippen molar-refractivity contribution < 1.29 is 13.2 Å². The number of thiophene rings is 1. The number of amides is 1. The molecule has 0 aliphatic carbocycles. The first-order chi connectivity index (χ1) is 9.40. The number of nitrogens with two attached hydrogens (primary N) is 1. The number of anilines is 2. The van der Waals surface area contributed by atoms with E-state index in [1.54, 1.807) is 35.7 Å². The molecule has 1 amide bonds. The summed E-state index contributed by atoms with van der Waals surface area (Å²) in [6.45, 7) is 0. The molecular weight excluding hydrogens is 296 g/mol. The number of benzene rings is 1. The molecule has 0 aliphatic rings. The van der Waals surface area contributed by atoms with Crippen molar-refractivity contribution in [3.05, 3.63) is 41.8 Å². The van der Waals surface area contributed by atoms with Gasteiger partial charge in [-0.1, -0.05) is 6.07 Å². The minimum Gasteiger partial charge on any atom is -0.399 e. The summed E-state index contributed by atoms with van der Waals surface area (Å²) >= 11 is 1.11. The smallest absolute Gasteiger partial charge is 0.242 e.